The number of nitrogens with two attached hydrogens (primary N) is 1. The van der Waals surface area contributed by atoms with Gasteiger partial charge < -0.3 is 15.2 Å². The Labute approximate surface area is 134 Å². The number of nitrogens with zero attached hydrogens (tertiary/aromatic N) is 3. The van der Waals surface area contributed by atoms with Gasteiger partial charge in [0, 0.05) is 0 Å². The highest BCUT2D eigenvalue weighted by molar-refractivity contribution is 9.10. The van der Waals surface area contributed by atoms with Gasteiger partial charge in [0.25, 0.3) is 5.91 Å². The highest BCUT2D eigenvalue weighted by atomic mass is 79.9. The molecule has 2 rings (SSSR count). The minimum absolute atomic E-state index is 0.0454. The van der Waals surface area contributed by atoms with Crippen molar-refractivity contribution in [3.05, 3.63) is 46.5 Å². The molecule has 116 valence electrons. The lowest BCUT2D eigenvalue weighted by atomic mass is 10.2. The van der Waals surface area contributed by atoms with E-state index in [9.17, 15) is 9.59 Å². The lowest BCUT2D eigenvalue weighted by molar-refractivity contribution is 0.0138. The van der Waals surface area contributed by atoms with Crippen LogP contribution in [0.25, 0.3) is 0 Å². The van der Waals surface area contributed by atoms with Crippen LogP contribution in [0, 0.1) is 0 Å². The number of esters is 1. The zero-order chi connectivity index (χ0) is 15.9. The summed E-state index contributed by atoms with van der Waals surface area (Å²) in [5.41, 5.74) is 5.54. The summed E-state index contributed by atoms with van der Waals surface area (Å²) in [7, 11) is 0. The number of carbonyl (C=O) groups excluding carboxylic acids is 2. The van der Waals surface area contributed by atoms with Crippen LogP contribution in [0.5, 0.6) is 0 Å². The fourth-order valence-electron chi connectivity index (χ4n) is 1.51. The van der Waals surface area contributed by atoms with Crippen LogP contribution < -0.4 is 5.73 Å². The molecule has 8 nitrogen and oxygen atoms in total. The van der Waals surface area contributed by atoms with Crippen LogP contribution in [0.4, 0.5) is 0 Å². The zero-order valence-corrected chi connectivity index (χ0v) is 13.0. The number of primary amides is 1. The standard InChI is InChI=1S/C13H13BrN4O4/c14-13-16-11(10(15)19)17-18(13)8-21-6-7-22-12(20)9-4-2-1-3-5-9/h1-5H,6-8H2,(H2,15,19). The Hall–Kier alpha value is -2.26. The summed E-state index contributed by atoms with van der Waals surface area (Å²) in [5, 5.41) is 3.84. The third-order valence-corrected chi connectivity index (χ3v) is 3.12. The SMILES string of the molecule is NC(=O)c1nc(Br)n(COCCOC(=O)c2ccccc2)n1. The molecular formula is C13H13BrN4O4. The Bertz CT molecular complexity index is 659. The molecule has 1 aromatic carbocycles. The van der Waals surface area contributed by atoms with Crippen molar-refractivity contribution in [1.29, 1.82) is 0 Å². The predicted molar refractivity (Wildman–Crippen MR) is 78.9 cm³/mol. The third kappa shape index (κ3) is 4.37. The first-order valence-corrected chi connectivity index (χ1v) is 7.07. The summed E-state index contributed by atoms with van der Waals surface area (Å²) >= 11 is 3.12. The summed E-state index contributed by atoms with van der Waals surface area (Å²) < 4.78 is 12.0. The molecule has 1 aromatic heterocycles. The van der Waals surface area contributed by atoms with Crippen LogP contribution >= 0.6 is 15.9 Å². The first-order valence-electron chi connectivity index (χ1n) is 6.28. The van der Waals surface area contributed by atoms with E-state index >= 15 is 0 Å². The normalized spacial score (nSPS) is 10.4. The molecule has 0 radical (unpaired) electrons. The molecule has 0 fully saturated rings. The van der Waals surface area contributed by atoms with E-state index in [1.165, 1.54) is 4.68 Å². The number of ether oxygens (including phenoxy) is 2. The number of hydrogen-bond acceptors (Lipinski definition) is 6. The third-order valence-electron chi connectivity index (χ3n) is 2.53. The van der Waals surface area contributed by atoms with Crippen LogP contribution in [0.1, 0.15) is 21.0 Å². The van der Waals surface area contributed by atoms with Gasteiger partial charge in [0.05, 0.1) is 12.2 Å². The molecule has 22 heavy (non-hydrogen) atoms. The van der Waals surface area contributed by atoms with E-state index in [-0.39, 0.29) is 25.8 Å². The number of hydrogen-bond donors (Lipinski definition) is 1. The van der Waals surface area contributed by atoms with Crippen molar-refractivity contribution in [1.82, 2.24) is 14.8 Å². The summed E-state index contributed by atoms with van der Waals surface area (Å²) in [6.07, 6.45) is 0. The van der Waals surface area contributed by atoms with Gasteiger partial charge in [0.2, 0.25) is 5.82 Å². The lowest BCUT2D eigenvalue weighted by Crippen LogP contribution is -2.15. The van der Waals surface area contributed by atoms with Crippen LogP contribution in [-0.2, 0) is 16.2 Å². The fraction of sp³-hybridized carbons (Fsp3) is 0.231. The van der Waals surface area contributed by atoms with E-state index in [1.807, 2.05) is 6.07 Å². The molecule has 1 heterocycles. The Morgan fingerprint density at radius 3 is 2.59 bits per heavy atom. The number of amides is 1. The van der Waals surface area contributed by atoms with Crippen LogP contribution in [-0.4, -0.2) is 39.9 Å². The molecule has 0 aliphatic rings. The monoisotopic (exact) mass is 368 g/mol. The lowest BCUT2D eigenvalue weighted by Gasteiger charge is -2.06. The number of halogens is 1. The van der Waals surface area contributed by atoms with Crippen molar-refractivity contribution in [3.8, 4) is 0 Å². The molecule has 1 amide bonds. The molecule has 0 spiro atoms. The predicted octanol–water partition coefficient (Wildman–Crippen LogP) is 0.971. The molecule has 9 heteroatoms. The maximum atomic E-state index is 11.6. The van der Waals surface area contributed by atoms with Crippen molar-refractivity contribution in [2.75, 3.05) is 13.2 Å². The van der Waals surface area contributed by atoms with Crippen molar-refractivity contribution < 1.29 is 19.1 Å². The Morgan fingerprint density at radius 2 is 1.95 bits per heavy atom. The topological polar surface area (TPSA) is 109 Å². The van der Waals surface area contributed by atoms with E-state index in [4.69, 9.17) is 15.2 Å². The zero-order valence-electron chi connectivity index (χ0n) is 11.4. The largest absolute Gasteiger partial charge is 0.460 e. The maximum Gasteiger partial charge on any atom is 0.338 e. The molecule has 0 unspecified atom stereocenters. The minimum atomic E-state index is -0.726. The van der Waals surface area contributed by atoms with E-state index in [0.29, 0.717) is 10.3 Å². The van der Waals surface area contributed by atoms with Crippen LogP contribution in [0.3, 0.4) is 0 Å². The van der Waals surface area contributed by atoms with Crippen molar-refractivity contribution in [2.24, 2.45) is 5.73 Å². The highest BCUT2D eigenvalue weighted by Crippen LogP contribution is 2.06. The minimum Gasteiger partial charge on any atom is -0.460 e. The summed E-state index contributed by atoms with van der Waals surface area (Å²) in [6, 6.07) is 8.66. The molecule has 2 aromatic rings. The Morgan fingerprint density at radius 1 is 1.23 bits per heavy atom. The molecule has 0 bridgehead atoms. The van der Waals surface area contributed by atoms with Gasteiger partial charge in [0.15, 0.2) is 4.73 Å². The average Bonchev–Trinajstić information content (AvgIpc) is 2.89. The van der Waals surface area contributed by atoms with E-state index in [2.05, 4.69) is 26.0 Å². The molecule has 2 N–H and O–H groups in total. The van der Waals surface area contributed by atoms with Gasteiger partial charge in [-0.3, -0.25) is 4.79 Å². The van der Waals surface area contributed by atoms with Crippen molar-refractivity contribution in [2.45, 2.75) is 6.73 Å². The van der Waals surface area contributed by atoms with Gasteiger partial charge in [-0.05, 0) is 28.1 Å². The number of aromatic nitrogens is 3. The van der Waals surface area contributed by atoms with Gasteiger partial charge in [-0.1, -0.05) is 18.2 Å². The smallest absolute Gasteiger partial charge is 0.338 e. The first-order chi connectivity index (χ1) is 10.6. The second kappa shape index (κ2) is 7.66. The second-order valence-electron chi connectivity index (χ2n) is 4.11. The molecule has 0 saturated carbocycles. The summed E-state index contributed by atoms with van der Waals surface area (Å²) in [6.45, 7) is 0.323. The number of carbonyl (C=O) groups is 2. The van der Waals surface area contributed by atoms with Gasteiger partial charge in [0.1, 0.15) is 13.3 Å². The van der Waals surface area contributed by atoms with Gasteiger partial charge in [-0.25, -0.2) is 9.48 Å². The quantitative estimate of drug-likeness (QED) is 0.575. The molecular weight excluding hydrogens is 356 g/mol. The summed E-state index contributed by atoms with van der Waals surface area (Å²) in [4.78, 5) is 26.4. The van der Waals surface area contributed by atoms with E-state index in [0.717, 1.165) is 0 Å². The molecule has 0 atom stereocenters. The Balaban J connectivity index is 1.71. The van der Waals surface area contributed by atoms with E-state index in [1.54, 1.807) is 24.3 Å². The Kier molecular flexibility index (Phi) is 5.61. The highest BCUT2D eigenvalue weighted by Gasteiger charge is 2.11. The molecule has 0 aliphatic heterocycles. The van der Waals surface area contributed by atoms with E-state index < -0.39 is 11.9 Å². The number of rotatable bonds is 7. The summed E-state index contributed by atoms with van der Waals surface area (Å²) in [5.74, 6) is -1.25. The van der Waals surface area contributed by atoms with Gasteiger partial charge >= 0.3 is 5.97 Å². The first kappa shape index (κ1) is 16.1. The van der Waals surface area contributed by atoms with Crippen molar-refractivity contribution in [3.63, 3.8) is 0 Å². The molecule has 0 aliphatic carbocycles. The van der Waals surface area contributed by atoms with Gasteiger partial charge in [-0.15, -0.1) is 5.10 Å². The van der Waals surface area contributed by atoms with Crippen molar-refractivity contribution >= 4 is 27.8 Å². The second-order valence-corrected chi connectivity index (χ2v) is 4.82. The van der Waals surface area contributed by atoms with Gasteiger partial charge in [-0.2, -0.15) is 4.98 Å². The van der Waals surface area contributed by atoms with Crippen LogP contribution in [0.2, 0.25) is 0 Å². The average molecular weight is 369 g/mol. The van der Waals surface area contributed by atoms with Crippen LogP contribution in [0.15, 0.2) is 35.1 Å². The maximum absolute atomic E-state index is 11.6. The molecule has 0 saturated heterocycles. The number of benzene rings is 1. The fourth-order valence-corrected chi connectivity index (χ4v) is 1.86.